The summed E-state index contributed by atoms with van der Waals surface area (Å²) in [7, 11) is 0. The first-order valence-corrected chi connectivity index (χ1v) is 8.04. The van der Waals surface area contributed by atoms with Crippen LogP contribution >= 0.6 is 0 Å². The minimum absolute atomic E-state index is 0.143. The third-order valence-corrected chi connectivity index (χ3v) is 5.00. The van der Waals surface area contributed by atoms with E-state index in [2.05, 4.69) is 10.2 Å². The molecule has 2 bridgehead atoms. The number of rotatable bonds is 2. The highest BCUT2D eigenvalue weighted by Crippen LogP contribution is 2.28. The zero-order chi connectivity index (χ0) is 13.9. The molecular weight excluding hydrogens is 254 g/mol. The zero-order valence-electron chi connectivity index (χ0n) is 12.1. The number of amides is 2. The molecule has 3 aliphatic heterocycles. The molecule has 0 radical (unpaired) electrons. The summed E-state index contributed by atoms with van der Waals surface area (Å²) in [6, 6.07) is 0.640. The minimum atomic E-state index is 0.143. The van der Waals surface area contributed by atoms with Crippen molar-refractivity contribution in [1.29, 1.82) is 0 Å². The Kier molecular flexibility index (Phi) is 4.24. The molecule has 3 heterocycles. The molecular formula is C15H25N3O2. The SMILES string of the molecule is O=C1CC2CCC(CN1)N2CC(=O)N1CCCCCC1. The van der Waals surface area contributed by atoms with Crippen LogP contribution in [0.25, 0.3) is 0 Å². The smallest absolute Gasteiger partial charge is 0.236 e. The topological polar surface area (TPSA) is 52.7 Å². The van der Waals surface area contributed by atoms with Crippen molar-refractivity contribution in [3.8, 4) is 0 Å². The van der Waals surface area contributed by atoms with E-state index in [1.807, 2.05) is 4.90 Å². The van der Waals surface area contributed by atoms with Crippen LogP contribution in [0.4, 0.5) is 0 Å². The van der Waals surface area contributed by atoms with Crippen molar-refractivity contribution in [2.24, 2.45) is 0 Å². The van der Waals surface area contributed by atoms with Crippen LogP contribution in [0.15, 0.2) is 0 Å². The third-order valence-electron chi connectivity index (χ3n) is 5.00. The van der Waals surface area contributed by atoms with E-state index >= 15 is 0 Å². The summed E-state index contributed by atoms with van der Waals surface area (Å²) < 4.78 is 0. The van der Waals surface area contributed by atoms with Gasteiger partial charge in [-0.15, -0.1) is 0 Å². The lowest BCUT2D eigenvalue weighted by Gasteiger charge is -2.29. The average molecular weight is 279 g/mol. The molecule has 0 aliphatic carbocycles. The van der Waals surface area contributed by atoms with Gasteiger partial charge in [-0.2, -0.15) is 0 Å². The molecule has 3 saturated heterocycles. The Morgan fingerprint density at radius 1 is 1.10 bits per heavy atom. The lowest BCUT2D eigenvalue weighted by Crippen LogP contribution is -2.46. The van der Waals surface area contributed by atoms with Crippen LogP contribution in [0.2, 0.25) is 0 Å². The van der Waals surface area contributed by atoms with Crippen LogP contribution < -0.4 is 5.32 Å². The van der Waals surface area contributed by atoms with Crippen molar-refractivity contribution in [1.82, 2.24) is 15.1 Å². The first kappa shape index (κ1) is 13.9. The van der Waals surface area contributed by atoms with E-state index in [1.165, 1.54) is 12.8 Å². The van der Waals surface area contributed by atoms with Gasteiger partial charge in [0, 0.05) is 38.1 Å². The molecule has 112 valence electrons. The van der Waals surface area contributed by atoms with Gasteiger partial charge in [0.05, 0.1) is 6.54 Å². The van der Waals surface area contributed by atoms with Crippen molar-refractivity contribution in [3.63, 3.8) is 0 Å². The van der Waals surface area contributed by atoms with E-state index in [0.717, 1.165) is 38.8 Å². The Bertz CT molecular complexity index is 377. The molecule has 3 aliphatic rings. The van der Waals surface area contributed by atoms with Crippen LogP contribution in [0.5, 0.6) is 0 Å². The number of likely N-dealkylation sites (tertiary alicyclic amines) is 1. The largest absolute Gasteiger partial charge is 0.354 e. The first-order chi connectivity index (χ1) is 9.74. The Morgan fingerprint density at radius 3 is 2.55 bits per heavy atom. The maximum Gasteiger partial charge on any atom is 0.236 e. The number of carbonyl (C=O) groups excluding carboxylic acids is 2. The molecule has 0 aromatic heterocycles. The molecule has 3 rings (SSSR count). The second-order valence-electron chi connectivity index (χ2n) is 6.36. The second kappa shape index (κ2) is 6.12. The highest BCUT2D eigenvalue weighted by Gasteiger charge is 2.38. The van der Waals surface area contributed by atoms with Crippen LogP contribution in [-0.4, -0.2) is 59.9 Å². The van der Waals surface area contributed by atoms with E-state index in [4.69, 9.17) is 0 Å². The van der Waals surface area contributed by atoms with Gasteiger partial charge in [-0.25, -0.2) is 0 Å². The Morgan fingerprint density at radius 2 is 1.80 bits per heavy atom. The molecule has 0 saturated carbocycles. The molecule has 5 nitrogen and oxygen atoms in total. The summed E-state index contributed by atoms with van der Waals surface area (Å²) in [5.41, 5.74) is 0. The van der Waals surface area contributed by atoms with Gasteiger partial charge in [-0.1, -0.05) is 12.8 Å². The van der Waals surface area contributed by atoms with Crippen LogP contribution in [-0.2, 0) is 9.59 Å². The summed E-state index contributed by atoms with van der Waals surface area (Å²) >= 11 is 0. The van der Waals surface area contributed by atoms with Gasteiger partial charge >= 0.3 is 0 Å². The Labute approximate surface area is 120 Å². The Balaban J connectivity index is 1.61. The zero-order valence-corrected chi connectivity index (χ0v) is 12.1. The normalized spacial score (nSPS) is 31.6. The van der Waals surface area contributed by atoms with Gasteiger partial charge < -0.3 is 10.2 Å². The number of hydrogen-bond donors (Lipinski definition) is 1. The van der Waals surface area contributed by atoms with Crippen LogP contribution in [0.3, 0.4) is 0 Å². The second-order valence-corrected chi connectivity index (χ2v) is 6.36. The fourth-order valence-corrected chi connectivity index (χ4v) is 3.81. The molecule has 2 amide bonds. The standard InChI is InChI=1S/C15H25N3O2/c19-14-9-12-5-6-13(10-16-14)18(12)11-15(20)17-7-3-1-2-4-8-17/h12-13H,1-11H2,(H,16,19). The van der Waals surface area contributed by atoms with Gasteiger partial charge in [0.15, 0.2) is 0 Å². The van der Waals surface area contributed by atoms with Gasteiger partial charge in [0.25, 0.3) is 0 Å². The van der Waals surface area contributed by atoms with Gasteiger partial charge in [0.1, 0.15) is 0 Å². The van der Waals surface area contributed by atoms with E-state index in [-0.39, 0.29) is 17.9 Å². The summed E-state index contributed by atoms with van der Waals surface area (Å²) in [5, 5.41) is 2.96. The van der Waals surface area contributed by atoms with E-state index < -0.39 is 0 Å². The first-order valence-electron chi connectivity index (χ1n) is 8.04. The van der Waals surface area contributed by atoms with E-state index in [1.54, 1.807) is 0 Å². The fraction of sp³-hybridized carbons (Fsp3) is 0.867. The monoisotopic (exact) mass is 279 g/mol. The lowest BCUT2D eigenvalue weighted by molar-refractivity contribution is -0.133. The lowest BCUT2D eigenvalue weighted by atomic mass is 10.1. The van der Waals surface area contributed by atoms with Gasteiger partial charge in [-0.05, 0) is 25.7 Å². The van der Waals surface area contributed by atoms with Crippen LogP contribution in [0.1, 0.15) is 44.9 Å². The number of fused-ring (bicyclic) bond motifs is 2. The van der Waals surface area contributed by atoms with E-state index in [0.29, 0.717) is 25.6 Å². The minimum Gasteiger partial charge on any atom is -0.354 e. The summed E-state index contributed by atoms with van der Waals surface area (Å²) in [5.74, 6) is 0.405. The quantitative estimate of drug-likeness (QED) is 0.811. The molecule has 1 N–H and O–H groups in total. The number of nitrogens with zero attached hydrogens (tertiary/aromatic N) is 2. The van der Waals surface area contributed by atoms with Crippen molar-refractivity contribution in [2.45, 2.75) is 57.0 Å². The van der Waals surface area contributed by atoms with Crippen molar-refractivity contribution < 1.29 is 9.59 Å². The molecule has 0 aromatic carbocycles. The van der Waals surface area contributed by atoms with Crippen molar-refractivity contribution in [2.75, 3.05) is 26.2 Å². The summed E-state index contributed by atoms with van der Waals surface area (Å²) in [4.78, 5) is 28.4. The molecule has 5 heteroatoms. The summed E-state index contributed by atoms with van der Waals surface area (Å²) in [6.45, 7) is 3.05. The number of nitrogens with one attached hydrogen (secondary N) is 1. The van der Waals surface area contributed by atoms with Crippen molar-refractivity contribution in [3.05, 3.63) is 0 Å². The average Bonchev–Trinajstić information content (AvgIpc) is 2.61. The Hall–Kier alpha value is -1.10. The highest BCUT2D eigenvalue weighted by molar-refractivity contribution is 5.79. The maximum atomic E-state index is 12.5. The van der Waals surface area contributed by atoms with Gasteiger partial charge in [-0.3, -0.25) is 14.5 Å². The molecule has 2 atom stereocenters. The number of carbonyl (C=O) groups is 2. The third kappa shape index (κ3) is 2.97. The van der Waals surface area contributed by atoms with Crippen molar-refractivity contribution >= 4 is 11.8 Å². The molecule has 3 fully saturated rings. The number of hydrogen-bond acceptors (Lipinski definition) is 3. The molecule has 0 aromatic rings. The fourth-order valence-electron chi connectivity index (χ4n) is 3.81. The van der Waals surface area contributed by atoms with Crippen LogP contribution in [0, 0.1) is 0 Å². The van der Waals surface area contributed by atoms with Gasteiger partial charge in [0.2, 0.25) is 11.8 Å². The predicted octanol–water partition coefficient (Wildman–Crippen LogP) is 0.742. The van der Waals surface area contributed by atoms with E-state index in [9.17, 15) is 9.59 Å². The molecule has 20 heavy (non-hydrogen) atoms. The molecule has 2 unspecified atom stereocenters. The summed E-state index contributed by atoms with van der Waals surface area (Å²) in [6.07, 6.45) is 7.50. The maximum absolute atomic E-state index is 12.5. The predicted molar refractivity (Wildman–Crippen MR) is 76.2 cm³/mol. The molecule has 0 spiro atoms. The highest BCUT2D eigenvalue weighted by atomic mass is 16.2.